The molecule has 18 heavy (non-hydrogen) atoms. The maximum Gasteiger partial charge on any atom is 0.226 e. The van der Waals surface area contributed by atoms with Gasteiger partial charge in [-0.1, -0.05) is 20.3 Å². The van der Waals surface area contributed by atoms with E-state index in [9.17, 15) is 9.90 Å². The molecule has 3 heteroatoms. The first-order valence-corrected chi connectivity index (χ1v) is 7.62. The van der Waals surface area contributed by atoms with E-state index in [1.807, 2.05) is 4.90 Å². The molecular formula is C15H27NO2. The van der Waals surface area contributed by atoms with E-state index in [-0.39, 0.29) is 12.5 Å². The zero-order valence-corrected chi connectivity index (χ0v) is 11.8. The SMILES string of the molecule is CCC(CC)N(CCO)C(=O)C1CC2CCC1C2. The lowest BCUT2D eigenvalue weighted by atomic mass is 9.87. The summed E-state index contributed by atoms with van der Waals surface area (Å²) in [5.41, 5.74) is 0. The van der Waals surface area contributed by atoms with Crippen molar-refractivity contribution in [3.63, 3.8) is 0 Å². The first kappa shape index (κ1) is 13.9. The molecule has 0 heterocycles. The Balaban J connectivity index is 2.03. The highest BCUT2D eigenvalue weighted by atomic mass is 16.3. The van der Waals surface area contributed by atoms with Crippen LogP contribution in [0.5, 0.6) is 0 Å². The Morgan fingerprint density at radius 2 is 2.00 bits per heavy atom. The molecule has 0 saturated heterocycles. The maximum atomic E-state index is 12.7. The minimum Gasteiger partial charge on any atom is -0.395 e. The van der Waals surface area contributed by atoms with Crippen LogP contribution in [0.2, 0.25) is 0 Å². The second-order valence-corrected chi connectivity index (χ2v) is 6.01. The van der Waals surface area contributed by atoms with Crippen LogP contribution in [0, 0.1) is 17.8 Å². The molecular weight excluding hydrogens is 226 g/mol. The van der Waals surface area contributed by atoms with Crippen molar-refractivity contribution in [2.75, 3.05) is 13.2 Å². The van der Waals surface area contributed by atoms with E-state index >= 15 is 0 Å². The first-order valence-electron chi connectivity index (χ1n) is 7.62. The van der Waals surface area contributed by atoms with Gasteiger partial charge in [0.05, 0.1) is 6.61 Å². The van der Waals surface area contributed by atoms with Gasteiger partial charge in [-0.05, 0) is 43.9 Å². The molecule has 2 rings (SSSR count). The zero-order chi connectivity index (χ0) is 13.1. The predicted octanol–water partition coefficient (Wildman–Crippen LogP) is 2.43. The van der Waals surface area contributed by atoms with Gasteiger partial charge in [-0.3, -0.25) is 4.79 Å². The summed E-state index contributed by atoms with van der Waals surface area (Å²) in [6.45, 7) is 4.86. The molecule has 3 nitrogen and oxygen atoms in total. The lowest BCUT2D eigenvalue weighted by Crippen LogP contribution is -2.45. The lowest BCUT2D eigenvalue weighted by Gasteiger charge is -2.34. The molecule has 1 amide bonds. The van der Waals surface area contributed by atoms with Crippen molar-refractivity contribution in [1.82, 2.24) is 4.90 Å². The summed E-state index contributed by atoms with van der Waals surface area (Å²) in [5, 5.41) is 9.21. The van der Waals surface area contributed by atoms with Gasteiger partial charge in [0.1, 0.15) is 0 Å². The van der Waals surface area contributed by atoms with Gasteiger partial charge < -0.3 is 10.0 Å². The van der Waals surface area contributed by atoms with E-state index in [0.29, 0.717) is 24.4 Å². The number of nitrogens with zero attached hydrogens (tertiary/aromatic N) is 1. The molecule has 0 radical (unpaired) electrons. The Labute approximate surface area is 111 Å². The van der Waals surface area contributed by atoms with Crippen molar-refractivity contribution in [1.29, 1.82) is 0 Å². The highest BCUT2D eigenvalue weighted by Crippen LogP contribution is 2.49. The number of hydrogen-bond acceptors (Lipinski definition) is 2. The van der Waals surface area contributed by atoms with E-state index < -0.39 is 0 Å². The van der Waals surface area contributed by atoms with Gasteiger partial charge in [-0.25, -0.2) is 0 Å². The molecule has 0 spiro atoms. The number of aliphatic hydroxyl groups excluding tert-OH is 1. The predicted molar refractivity (Wildman–Crippen MR) is 72.1 cm³/mol. The molecule has 0 aromatic rings. The van der Waals surface area contributed by atoms with Gasteiger partial charge in [0.25, 0.3) is 0 Å². The molecule has 0 aliphatic heterocycles. The summed E-state index contributed by atoms with van der Waals surface area (Å²) in [7, 11) is 0. The molecule has 2 saturated carbocycles. The Bertz CT molecular complexity index is 288. The quantitative estimate of drug-likeness (QED) is 0.790. The fourth-order valence-electron chi connectivity index (χ4n) is 4.07. The Kier molecular flexibility index (Phi) is 4.66. The van der Waals surface area contributed by atoms with Crippen LogP contribution in [0.3, 0.4) is 0 Å². The minimum atomic E-state index is 0.0864. The summed E-state index contributed by atoms with van der Waals surface area (Å²) in [6, 6.07) is 0.309. The number of amides is 1. The summed E-state index contributed by atoms with van der Waals surface area (Å²) in [6.07, 6.45) is 6.93. The lowest BCUT2D eigenvalue weighted by molar-refractivity contribution is -0.140. The van der Waals surface area contributed by atoms with Crippen LogP contribution in [0.1, 0.15) is 52.4 Å². The Morgan fingerprint density at radius 3 is 2.44 bits per heavy atom. The normalized spacial score (nSPS) is 30.1. The monoisotopic (exact) mass is 253 g/mol. The molecule has 2 fully saturated rings. The fourth-order valence-corrected chi connectivity index (χ4v) is 4.07. The maximum absolute atomic E-state index is 12.7. The molecule has 2 bridgehead atoms. The van der Waals surface area contributed by atoms with Crippen molar-refractivity contribution in [2.45, 2.75) is 58.4 Å². The number of carbonyl (C=O) groups excluding carboxylic acids is 1. The standard InChI is InChI=1S/C15H27NO2/c1-3-13(4-2)16(7-8-17)15(18)14-10-11-5-6-12(14)9-11/h11-14,17H,3-10H2,1-2H3. The van der Waals surface area contributed by atoms with E-state index in [2.05, 4.69) is 13.8 Å². The van der Waals surface area contributed by atoms with Crippen LogP contribution < -0.4 is 0 Å². The summed E-state index contributed by atoms with van der Waals surface area (Å²) in [4.78, 5) is 14.7. The molecule has 104 valence electrons. The van der Waals surface area contributed by atoms with Gasteiger partial charge in [0, 0.05) is 18.5 Å². The van der Waals surface area contributed by atoms with Gasteiger partial charge in [0.15, 0.2) is 0 Å². The van der Waals surface area contributed by atoms with Crippen molar-refractivity contribution in [2.24, 2.45) is 17.8 Å². The van der Waals surface area contributed by atoms with E-state index in [1.165, 1.54) is 19.3 Å². The van der Waals surface area contributed by atoms with Crippen molar-refractivity contribution >= 4 is 5.91 Å². The second kappa shape index (κ2) is 6.05. The van der Waals surface area contributed by atoms with Crippen molar-refractivity contribution in [3.05, 3.63) is 0 Å². The number of hydrogen-bond donors (Lipinski definition) is 1. The molecule has 0 aromatic carbocycles. The van der Waals surface area contributed by atoms with Gasteiger partial charge >= 0.3 is 0 Å². The summed E-state index contributed by atoms with van der Waals surface area (Å²) >= 11 is 0. The van der Waals surface area contributed by atoms with Crippen LogP contribution in [0.25, 0.3) is 0 Å². The van der Waals surface area contributed by atoms with Gasteiger partial charge in [0.2, 0.25) is 5.91 Å². The largest absolute Gasteiger partial charge is 0.395 e. The molecule has 2 aliphatic carbocycles. The average molecular weight is 253 g/mol. The van der Waals surface area contributed by atoms with E-state index in [4.69, 9.17) is 0 Å². The van der Waals surface area contributed by atoms with Crippen molar-refractivity contribution in [3.8, 4) is 0 Å². The number of rotatable bonds is 6. The third-order valence-corrected chi connectivity index (χ3v) is 5.06. The molecule has 2 aliphatic rings. The van der Waals surface area contributed by atoms with Crippen molar-refractivity contribution < 1.29 is 9.90 Å². The van der Waals surface area contributed by atoms with Crippen LogP contribution in [-0.4, -0.2) is 35.1 Å². The molecule has 3 atom stereocenters. The fraction of sp³-hybridized carbons (Fsp3) is 0.933. The van der Waals surface area contributed by atoms with E-state index in [0.717, 1.165) is 25.2 Å². The molecule has 3 unspecified atom stereocenters. The zero-order valence-electron chi connectivity index (χ0n) is 11.8. The van der Waals surface area contributed by atoms with Crippen LogP contribution in [0.15, 0.2) is 0 Å². The van der Waals surface area contributed by atoms with Gasteiger partial charge in [-0.2, -0.15) is 0 Å². The second-order valence-electron chi connectivity index (χ2n) is 6.01. The summed E-state index contributed by atoms with van der Waals surface area (Å²) < 4.78 is 0. The molecule has 1 N–H and O–H groups in total. The Hall–Kier alpha value is -0.570. The van der Waals surface area contributed by atoms with Crippen LogP contribution in [-0.2, 0) is 4.79 Å². The third-order valence-electron chi connectivity index (χ3n) is 5.06. The highest BCUT2D eigenvalue weighted by Gasteiger charge is 2.44. The third kappa shape index (κ3) is 2.56. The first-order chi connectivity index (χ1) is 8.71. The Morgan fingerprint density at radius 1 is 1.28 bits per heavy atom. The summed E-state index contributed by atoms with van der Waals surface area (Å²) in [5.74, 6) is 2.03. The van der Waals surface area contributed by atoms with E-state index in [1.54, 1.807) is 0 Å². The van der Waals surface area contributed by atoms with Gasteiger partial charge in [-0.15, -0.1) is 0 Å². The van der Waals surface area contributed by atoms with Crippen LogP contribution >= 0.6 is 0 Å². The number of carbonyl (C=O) groups is 1. The topological polar surface area (TPSA) is 40.5 Å². The highest BCUT2D eigenvalue weighted by molar-refractivity contribution is 5.80. The van der Waals surface area contributed by atoms with Crippen LogP contribution in [0.4, 0.5) is 0 Å². The number of aliphatic hydroxyl groups is 1. The smallest absolute Gasteiger partial charge is 0.226 e. The minimum absolute atomic E-state index is 0.0864. The molecule has 0 aromatic heterocycles. The average Bonchev–Trinajstić information content (AvgIpc) is 3.00. The number of fused-ring (bicyclic) bond motifs is 2.